The standard InChI is InChI=1S/C28H26O2/c1-5-13-23(14-6-1)21-29-27(25-17-9-3-10-18-25)28(26-19-11-4-12-20-26)30-22-24-15-7-2-8-16-24/h1-20,27-28H,21-22H2/t27-,28-/m1/s1. The minimum atomic E-state index is -0.225. The highest BCUT2D eigenvalue weighted by molar-refractivity contribution is 5.26. The lowest BCUT2D eigenvalue weighted by atomic mass is 9.97. The van der Waals surface area contributed by atoms with Gasteiger partial charge in [-0.3, -0.25) is 0 Å². The lowest BCUT2D eigenvalue weighted by Crippen LogP contribution is -2.18. The average Bonchev–Trinajstić information content (AvgIpc) is 2.83. The second-order valence-electron chi connectivity index (χ2n) is 7.26. The number of hydrogen-bond acceptors (Lipinski definition) is 2. The van der Waals surface area contributed by atoms with Crippen molar-refractivity contribution in [3.63, 3.8) is 0 Å². The molecule has 2 nitrogen and oxygen atoms in total. The Bertz CT molecular complexity index is 901. The maximum atomic E-state index is 6.49. The van der Waals surface area contributed by atoms with Gasteiger partial charge < -0.3 is 9.47 Å². The lowest BCUT2D eigenvalue weighted by molar-refractivity contribution is -0.0908. The van der Waals surface area contributed by atoms with Gasteiger partial charge in [-0.05, 0) is 22.3 Å². The van der Waals surface area contributed by atoms with Crippen molar-refractivity contribution in [3.8, 4) is 0 Å². The fraction of sp³-hybridized carbons (Fsp3) is 0.143. The van der Waals surface area contributed by atoms with Crippen molar-refractivity contribution in [2.24, 2.45) is 0 Å². The van der Waals surface area contributed by atoms with Gasteiger partial charge in [-0.2, -0.15) is 0 Å². The van der Waals surface area contributed by atoms with E-state index in [1.807, 2.05) is 72.8 Å². The Morgan fingerprint density at radius 3 is 1.03 bits per heavy atom. The summed E-state index contributed by atoms with van der Waals surface area (Å²) in [4.78, 5) is 0. The first-order valence-electron chi connectivity index (χ1n) is 10.3. The van der Waals surface area contributed by atoms with E-state index in [9.17, 15) is 0 Å². The SMILES string of the molecule is c1ccc(CO[C@H](c2ccccc2)[C@H](OCc2ccccc2)c2ccccc2)cc1. The molecular weight excluding hydrogens is 368 g/mol. The lowest BCUT2D eigenvalue weighted by Gasteiger charge is -2.29. The molecule has 0 radical (unpaired) electrons. The van der Waals surface area contributed by atoms with Gasteiger partial charge in [0.25, 0.3) is 0 Å². The molecule has 0 saturated carbocycles. The maximum Gasteiger partial charge on any atom is 0.113 e. The van der Waals surface area contributed by atoms with Crippen LogP contribution in [0.3, 0.4) is 0 Å². The highest BCUT2D eigenvalue weighted by atomic mass is 16.5. The molecule has 0 aromatic heterocycles. The van der Waals surface area contributed by atoms with Gasteiger partial charge in [-0.25, -0.2) is 0 Å². The van der Waals surface area contributed by atoms with Crippen LogP contribution in [0.25, 0.3) is 0 Å². The second kappa shape index (κ2) is 10.5. The van der Waals surface area contributed by atoms with Crippen molar-refractivity contribution >= 4 is 0 Å². The van der Waals surface area contributed by atoms with Gasteiger partial charge >= 0.3 is 0 Å². The van der Waals surface area contributed by atoms with E-state index in [1.165, 1.54) is 0 Å². The van der Waals surface area contributed by atoms with Crippen LogP contribution in [0.1, 0.15) is 34.5 Å². The average molecular weight is 395 g/mol. The summed E-state index contributed by atoms with van der Waals surface area (Å²) in [7, 11) is 0. The van der Waals surface area contributed by atoms with E-state index < -0.39 is 0 Å². The minimum absolute atomic E-state index is 0.225. The summed E-state index contributed by atoms with van der Waals surface area (Å²) in [5, 5.41) is 0. The van der Waals surface area contributed by atoms with Gasteiger partial charge in [0.15, 0.2) is 0 Å². The fourth-order valence-corrected chi connectivity index (χ4v) is 3.52. The van der Waals surface area contributed by atoms with E-state index in [2.05, 4.69) is 48.5 Å². The van der Waals surface area contributed by atoms with Crippen molar-refractivity contribution in [2.45, 2.75) is 25.4 Å². The number of hydrogen-bond donors (Lipinski definition) is 0. The third kappa shape index (κ3) is 5.44. The highest BCUT2D eigenvalue weighted by Crippen LogP contribution is 2.36. The zero-order valence-corrected chi connectivity index (χ0v) is 16.9. The first kappa shape index (κ1) is 20.1. The Kier molecular flexibility index (Phi) is 7.06. The first-order valence-corrected chi connectivity index (χ1v) is 10.3. The predicted molar refractivity (Wildman–Crippen MR) is 121 cm³/mol. The topological polar surface area (TPSA) is 18.5 Å². The molecule has 0 aliphatic rings. The van der Waals surface area contributed by atoms with Crippen LogP contribution in [0.5, 0.6) is 0 Å². The van der Waals surface area contributed by atoms with Gasteiger partial charge in [0.2, 0.25) is 0 Å². The van der Waals surface area contributed by atoms with Crippen LogP contribution in [0.2, 0.25) is 0 Å². The summed E-state index contributed by atoms with van der Waals surface area (Å²) < 4.78 is 13.0. The molecule has 0 spiro atoms. The Labute approximate surface area is 178 Å². The normalized spacial score (nSPS) is 12.9. The van der Waals surface area contributed by atoms with Gasteiger partial charge in [0, 0.05) is 0 Å². The van der Waals surface area contributed by atoms with Crippen LogP contribution in [-0.2, 0) is 22.7 Å². The summed E-state index contributed by atoms with van der Waals surface area (Å²) >= 11 is 0. The molecule has 0 saturated heterocycles. The second-order valence-corrected chi connectivity index (χ2v) is 7.26. The monoisotopic (exact) mass is 394 g/mol. The molecule has 4 rings (SSSR count). The predicted octanol–water partition coefficient (Wildman–Crippen LogP) is 6.90. The Morgan fingerprint density at radius 1 is 0.400 bits per heavy atom. The number of rotatable bonds is 9. The summed E-state index contributed by atoms with van der Waals surface area (Å²) in [5.41, 5.74) is 4.51. The molecule has 150 valence electrons. The Hall–Kier alpha value is -3.20. The molecule has 0 fully saturated rings. The van der Waals surface area contributed by atoms with E-state index in [0.29, 0.717) is 13.2 Å². The Balaban J connectivity index is 1.63. The molecule has 0 aliphatic heterocycles. The van der Waals surface area contributed by atoms with Crippen LogP contribution in [0.4, 0.5) is 0 Å². The Morgan fingerprint density at radius 2 is 0.700 bits per heavy atom. The van der Waals surface area contributed by atoms with Crippen LogP contribution < -0.4 is 0 Å². The molecule has 0 aliphatic carbocycles. The van der Waals surface area contributed by atoms with Crippen LogP contribution >= 0.6 is 0 Å². The van der Waals surface area contributed by atoms with E-state index in [1.54, 1.807) is 0 Å². The quantitative estimate of drug-likeness (QED) is 0.307. The fourth-order valence-electron chi connectivity index (χ4n) is 3.52. The third-order valence-corrected chi connectivity index (χ3v) is 5.08. The summed E-state index contributed by atoms with van der Waals surface area (Å²) in [6.07, 6.45) is -0.449. The van der Waals surface area contributed by atoms with Crippen molar-refractivity contribution in [1.29, 1.82) is 0 Å². The van der Waals surface area contributed by atoms with E-state index >= 15 is 0 Å². The molecule has 0 amide bonds. The highest BCUT2D eigenvalue weighted by Gasteiger charge is 2.27. The molecule has 30 heavy (non-hydrogen) atoms. The third-order valence-electron chi connectivity index (χ3n) is 5.08. The summed E-state index contributed by atoms with van der Waals surface area (Å²) in [6, 6.07) is 41.2. The smallest absolute Gasteiger partial charge is 0.113 e. The molecule has 2 atom stereocenters. The summed E-state index contributed by atoms with van der Waals surface area (Å²) in [6.45, 7) is 1.05. The number of benzene rings is 4. The molecule has 4 aromatic carbocycles. The van der Waals surface area contributed by atoms with Crippen molar-refractivity contribution < 1.29 is 9.47 Å². The summed E-state index contributed by atoms with van der Waals surface area (Å²) in [5.74, 6) is 0. The van der Waals surface area contributed by atoms with Crippen LogP contribution in [0.15, 0.2) is 121 Å². The van der Waals surface area contributed by atoms with Crippen molar-refractivity contribution in [2.75, 3.05) is 0 Å². The van der Waals surface area contributed by atoms with E-state index in [-0.39, 0.29) is 12.2 Å². The van der Waals surface area contributed by atoms with Crippen LogP contribution in [-0.4, -0.2) is 0 Å². The van der Waals surface area contributed by atoms with E-state index in [0.717, 1.165) is 22.3 Å². The maximum absolute atomic E-state index is 6.49. The first-order chi connectivity index (χ1) is 14.9. The van der Waals surface area contributed by atoms with Gasteiger partial charge in [0.1, 0.15) is 12.2 Å². The van der Waals surface area contributed by atoms with Gasteiger partial charge in [-0.15, -0.1) is 0 Å². The molecule has 2 heteroatoms. The zero-order chi connectivity index (χ0) is 20.4. The zero-order valence-electron chi connectivity index (χ0n) is 16.9. The molecule has 0 N–H and O–H groups in total. The molecule has 0 bridgehead atoms. The van der Waals surface area contributed by atoms with Gasteiger partial charge in [0.05, 0.1) is 13.2 Å². The minimum Gasteiger partial charge on any atom is -0.366 e. The molecule has 0 heterocycles. The van der Waals surface area contributed by atoms with E-state index in [4.69, 9.17) is 9.47 Å². The van der Waals surface area contributed by atoms with Crippen LogP contribution in [0, 0.1) is 0 Å². The van der Waals surface area contributed by atoms with Crippen molar-refractivity contribution in [1.82, 2.24) is 0 Å². The number of ether oxygens (including phenoxy) is 2. The van der Waals surface area contributed by atoms with Crippen molar-refractivity contribution in [3.05, 3.63) is 144 Å². The largest absolute Gasteiger partial charge is 0.366 e. The van der Waals surface area contributed by atoms with Gasteiger partial charge in [-0.1, -0.05) is 121 Å². The molecule has 4 aromatic rings. The molecule has 0 unspecified atom stereocenters. The molecular formula is C28H26O2.